The molecule has 2 rings (SSSR count). The Kier molecular flexibility index (Phi) is 4.07. The second-order valence-corrected chi connectivity index (χ2v) is 7.56. The zero-order valence-corrected chi connectivity index (χ0v) is 11.4. The Hall–Kier alpha value is -0.870. The van der Waals surface area contributed by atoms with Gasteiger partial charge in [-0.2, -0.15) is 0 Å². The van der Waals surface area contributed by atoms with E-state index in [9.17, 15) is 13.5 Å². The van der Waals surface area contributed by atoms with Crippen LogP contribution in [0.5, 0.6) is 0 Å². The van der Waals surface area contributed by atoms with Crippen molar-refractivity contribution in [3.05, 3.63) is 35.9 Å². The molecule has 18 heavy (non-hydrogen) atoms. The normalized spacial score (nSPS) is 26.8. The molecule has 0 bridgehead atoms. The third-order valence-electron chi connectivity index (χ3n) is 3.86. The van der Waals surface area contributed by atoms with Gasteiger partial charge in [0.25, 0.3) is 0 Å². The molecule has 1 aromatic rings. The van der Waals surface area contributed by atoms with E-state index >= 15 is 0 Å². The minimum Gasteiger partial charge on any atom is -0.388 e. The first kappa shape index (κ1) is 13.6. The Balaban J connectivity index is 2.10. The van der Waals surface area contributed by atoms with E-state index < -0.39 is 15.9 Å². The van der Waals surface area contributed by atoms with Gasteiger partial charge >= 0.3 is 0 Å². The molecule has 1 saturated carbocycles. The molecule has 0 amide bonds. The van der Waals surface area contributed by atoms with Crippen LogP contribution in [0.3, 0.4) is 0 Å². The van der Waals surface area contributed by atoms with Gasteiger partial charge in [0.15, 0.2) is 0 Å². The first-order chi connectivity index (χ1) is 8.48. The van der Waals surface area contributed by atoms with E-state index in [2.05, 4.69) is 0 Å². The van der Waals surface area contributed by atoms with Gasteiger partial charge in [-0.3, -0.25) is 0 Å². The van der Waals surface area contributed by atoms with E-state index in [1.807, 2.05) is 30.3 Å². The number of hydrogen-bond donors (Lipinski definition) is 1. The smallest absolute Gasteiger partial charge is 0.150 e. The monoisotopic (exact) mass is 268 g/mol. The van der Waals surface area contributed by atoms with Gasteiger partial charge in [-0.15, -0.1) is 0 Å². The van der Waals surface area contributed by atoms with E-state index in [4.69, 9.17) is 0 Å². The van der Waals surface area contributed by atoms with Crippen molar-refractivity contribution in [3.63, 3.8) is 0 Å². The van der Waals surface area contributed by atoms with E-state index in [-0.39, 0.29) is 11.2 Å². The van der Waals surface area contributed by atoms with Crippen molar-refractivity contribution in [3.8, 4) is 0 Å². The molecule has 3 nitrogen and oxygen atoms in total. The lowest BCUT2D eigenvalue weighted by Gasteiger charge is -2.31. The van der Waals surface area contributed by atoms with Crippen molar-refractivity contribution in [2.75, 3.05) is 6.26 Å². The summed E-state index contributed by atoms with van der Waals surface area (Å²) in [6.07, 6.45) is 3.85. The molecule has 4 heteroatoms. The molecule has 1 aliphatic carbocycles. The van der Waals surface area contributed by atoms with Crippen LogP contribution >= 0.6 is 0 Å². The molecule has 1 aromatic carbocycles. The van der Waals surface area contributed by atoms with Crippen LogP contribution in [-0.2, 0) is 9.84 Å². The summed E-state index contributed by atoms with van der Waals surface area (Å²) in [6.45, 7) is 0. The lowest BCUT2D eigenvalue weighted by atomic mass is 9.82. The van der Waals surface area contributed by atoms with Crippen LogP contribution in [0.4, 0.5) is 0 Å². The van der Waals surface area contributed by atoms with Crippen molar-refractivity contribution in [2.24, 2.45) is 5.92 Å². The summed E-state index contributed by atoms with van der Waals surface area (Å²) in [5.74, 6) is 0.0564. The first-order valence-corrected chi connectivity index (χ1v) is 8.36. The number of hydrogen-bond acceptors (Lipinski definition) is 3. The quantitative estimate of drug-likeness (QED) is 0.915. The van der Waals surface area contributed by atoms with Gasteiger partial charge in [-0.1, -0.05) is 36.8 Å². The highest BCUT2D eigenvalue weighted by molar-refractivity contribution is 7.91. The van der Waals surface area contributed by atoms with Crippen molar-refractivity contribution in [2.45, 2.75) is 37.0 Å². The fraction of sp³-hybridized carbons (Fsp3) is 0.571. The number of benzene rings is 1. The summed E-state index contributed by atoms with van der Waals surface area (Å²) in [4.78, 5) is 0. The molecule has 1 aliphatic rings. The van der Waals surface area contributed by atoms with E-state index in [0.29, 0.717) is 6.42 Å². The van der Waals surface area contributed by atoms with Crippen LogP contribution in [0.15, 0.2) is 30.3 Å². The molecule has 0 saturated heterocycles. The van der Waals surface area contributed by atoms with E-state index in [0.717, 1.165) is 24.8 Å². The van der Waals surface area contributed by atoms with E-state index in [1.165, 1.54) is 6.26 Å². The van der Waals surface area contributed by atoms with Crippen LogP contribution in [0.2, 0.25) is 0 Å². The lowest BCUT2D eigenvalue weighted by molar-refractivity contribution is 0.0857. The number of aliphatic hydroxyl groups is 1. The van der Waals surface area contributed by atoms with Crippen LogP contribution in [-0.4, -0.2) is 25.0 Å². The van der Waals surface area contributed by atoms with Crippen molar-refractivity contribution in [1.82, 2.24) is 0 Å². The summed E-state index contributed by atoms with van der Waals surface area (Å²) in [5, 5.41) is 10.1. The first-order valence-electron chi connectivity index (χ1n) is 6.40. The fourth-order valence-corrected chi connectivity index (χ4v) is 3.97. The third-order valence-corrected chi connectivity index (χ3v) is 5.50. The number of aliphatic hydroxyl groups excluding tert-OH is 1. The van der Waals surface area contributed by atoms with Crippen molar-refractivity contribution < 1.29 is 13.5 Å². The molecule has 1 N–H and O–H groups in total. The van der Waals surface area contributed by atoms with Crippen molar-refractivity contribution >= 4 is 9.84 Å². The highest BCUT2D eigenvalue weighted by Gasteiger charge is 2.32. The Morgan fingerprint density at radius 2 is 1.89 bits per heavy atom. The molecule has 0 radical (unpaired) electrons. The minimum absolute atomic E-state index is 0.0564. The average molecular weight is 268 g/mol. The van der Waals surface area contributed by atoms with Gasteiger partial charge in [0.05, 0.1) is 11.4 Å². The zero-order chi connectivity index (χ0) is 13.2. The van der Waals surface area contributed by atoms with Gasteiger partial charge in [0.2, 0.25) is 0 Å². The topological polar surface area (TPSA) is 54.4 Å². The van der Waals surface area contributed by atoms with Crippen LogP contribution < -0.4 is 0 Å². The van der Waals surface area contributed by atoms with Crippen LogP contribution in [0.1, 0.15) is 37.4 Å². The van der Waals surface area contributed by atoms with Crippen molar-refractivity contribution in [1.29, 1.82) is 0 Å². The Morgan fingerprint density at radius 1 is 1.22 bits per heavy atom. The predicted molar refractivity (Wildman–Crippen MR) is 72.0 cm³/mol. The molecule has 100 valence electrons. The molecular formula is C14H20O3S. The summed E-state index contributed by atoms with van der Waals surface area (Å²) < 4.78 is 23.2. The molecule has 0 aromatic heterocycles. The maximum atomic E-state index is 11.6. The summed E-state index contributed by atoms with van der Waals surface area (Å²) >= 11 is 0. The average Bonchev–Trinajstić information content (AvgIpc) is 2.38. The summed E-state index contributed by atoms with van der Waals surface area (Å²) in [7, 11) is -2.99. The molecule has 1 fully saturated rings. The Labute approximate surface area is 109 Å². The van der Waals surface area contributed by atoms with E-state index in [1.54, 1.807) is 0 Å². The van der Waals surface area contributed by atoms with Gasteiger partial charge in [0, 0.05) is 6.26 Å². The largest absolute Gasteiger partial charge is 0.388 e. The van der Waals surface area contributed by atoms with Gasteiger partial charge in [-0.25, -0.2) is 8.42 Å². The minimum atomic E-state index is -2.99. The number of sulfone groups is 1. The Morgan fingerprint density at radius 3 is 2.50 bits per heavy atom. The molecule has 3 unspecified atom stereocenters. The SMILES string of the molecule is CS(=O)(=O)C1CCCC(C(O)c2ccccc2)C1. The zero-order valence-electron chi connectivity index (χ0n) is 10.6. The lowest BCUT2D eigenvalue weighted by Crippen LogP contribution is -2.30. The summed E-state index contributed by atoms with van der Waals surface area (Å²) in [5.41, 5.74) is 0.886. The molecule has 0 spiro atoms. The molecule has 3 atom stereocenters. The van der Waals surface area contributed by atoms with Gasteiger partial charge in [0.1, 0.15) is 9.84 Å². The standard InChI is InChI=1S/C14H20O3S/c1-18(16,17)13-9-5-8-12(10-13)14(15)11-6-3-2-4-7-11/h2-4,6-7,12-15H,5,8-10H2,1H3. The maximum absolute atomic E-state index is 11.6. The molecular weight excluding hydrogens is 248 g/mol. The number of rotatable bonds is 3. The van der Waals surface area contributed by atoms with Gasteiger partial charge < -0.3 is 5.11 Å². The predicted octanol–water partition coefficient (Wildman–Crippen LogP) is 2.32. The highest BCUT2D eigenvalue weighted by atomic mass is 32.2. The second-order valence-electron chi connectivity index (χ2n) is 5.23. The third kappa shape index (κ3) is 3.12. The Bertz CT molecular complexity index is 481. The second kappa shape index (κ2) is 5.41. The summed E-state index contributed by atoms with van der Waals surface area (Å²) in [6, 6.07) is 9.50. The molecule has 0 aliphatic heterocycles. The molecule has 0 heterocycles. The maximum Gasteiger partial charge on any atom is 0.150 e. The highest BCUT2D eigenvalue weighted by Crippen LogP contribution is 2.36. The van der Waals surface area contributed by atoms with Crippen LogP contribution in [0.25, 0.3) is 0 Å². The fourth-order valence-electron chi connectivity index (χ4n) is 2.78. The van der Waals surface area contributed by atoms with Gasteiger partial charge in [-0.05, 0) is 30.7 Å². The van der Waals surface area contributed by atoms with Crippen LogP contribution in [0, 0.1) is 5.92 Å².